The average Bonchev–Trinajstić information content (AvgIpc) is 2.96. The van der Waals surface area contributed by atoms with Crippen molar-refractivity contribution in [1.82, 2.24) is 10.6 Å². The van der Waals surface area contributed by atoms with Gasteiger partial charge in [0.25, 0.3) is 0 Å². The summed E-state index contributed by atoms with van der Waals surface area (Å²) in [5.74, 6) is -0.0670. The van der Waals surface area contributed by atoms with E-state index >= 15 is 0 Å². The summed E-state index contributed by atoms with van der Waals surface area (Å²) in [4.78, 5) is 37.2. The summed E-state index contributed by atoms with van der Waals surface area (Å²) in [5, 5.41) is 15.2. The minimum atomic E-state index is -0.788. The van der Waals surface area contributed by atoms with E-state index in [9.17, 15) is 19.5 Å². The van der Waals surface area contributed by atoms with Crippen molar-refractivity contribution in [3.63, 3.8) is 0 Å². The summed E-state index contributed by atoms with van der Waals surface area (Å²) in [5.41, 5.74) is 2.71. The molecule has 3 rings (SSSR count). The van der Waals surface area contributed by atoms with E-state index in [-0.39, 0.29) is 23.5 Å². The standard InChI is InChI=1S/C32H36N2O6/c1-2-39-31(37)9-6-22-40-28-17-12-26(13-18-28)23-29(34-30(36)19-14-24-7-4-3-5-8-24)32(38)33-21-20-25-10-15-27(35)16-11-25/h3-5,7-8,10-19,29,35H,2,6,9,20-23H2,1H3,(H,33,38)(H,34,36)/b19-14+/t29-/m0/s1. The minimum Gasteiger partial charge on any atom is -0.508 e. The lowest BCUT2D eigenvalue weighted by molar-refractivity contribution is -0.143. The highest BCUT2D eigenvalue weighted by molar-refractivity contribution is 5.95. The first-order valence-electron chi connectivity index (χ1n) is 13.4. The molecule has 0 fully saturated rings. The predicted octanol–water partition coefficient (Wildman–Crippen LogP) is 4.21. The quantitative estimate of drug-likeness (QED) is 0.150. The van der Waals surface area contributed by atoms with E-state index < -0.39 is 6.04 Å². The number of ether oxygens (including phenoxy) is 2. The zero-order valence-electron chi connectivity index (χ0n) is 22.7. The molecule has 1 atom stereocenters. The lowest BCUT2D eigenvalue weighted by Crippen LogP contribution is -2.48. The SMILES string of the molecule is CCOC(=O)CCCOc1ccc(C[C@H](NC(=O)/C=C/c2ccccc2)C(=O)NCCc2ccc(O)cc2)cc1. The molecule has 3 N–H and O–H groups in total. The minimum absolute atomic E-state index is 0.187. The Labute approximate surface area is 235 Å². The summed E-state index contributed by atoms with van der Waals surface area (Å²) in [6, 6.07) is 22.8. The predicted molar refractivity (Wildman–Crippen MR) is 154 cm³/mol. The molecule has 0 radical (unpaired) electrons. The lowest BCUT2D eigenvalue weighted by atomic mass is 10.0. The smallest absolute Gasteiger partial charge is 0.305 e. The van der Waals surface area contributed by atoms with E-state index in [1.807, 2.05) is 42.5 Å². The summed E-state index contributed by atoms with van der Waals surface area (Å²) in [6.07, 6.45) is 4.84. The van der Waals surface area contributed by atoms with Crippen LogP contribution in [0.25, 0.3) is 6.08 Å². The van der Waals surface area contributed by atoms with Gasteiger partial charge < -0.3 is 25.2 Å². The van der Waals surface area contributed by atoms with Crippen LogP contribution in [0.5, 0.6) is 11.5 Å². The molecule has 3 aromatic rings. The van der Waals surface area contributed by atoms with Crippen molar-refractivity contribution in [2.75, 3.05) is 19.8 Å². The Balaban J connectivity index is 1.58. The van der Waals surface area contributed by atoms with Crippen LogP contribution in [0.15, 0.2) is 84.9 Å². The lowest BCUT2D eigenvalue weighted by Gasteiger charge is -2.18. The Bertz CT molecular complexity index is 1240. The third-order valence-electron chi connectivity index (χ3n) is 5.97. The van der Waals surface area contributed by atoms with Crippen molar-refractivity contribution in [2.45, 2.75) is 38.6 Å². The third-order valence-corrected chi connectivity index (χ3v) is 5.97. The number of hydrogen-bond acceptors (Lipinski definition) is 6. The van der Waals surface area contributed by atoms with Crippen LogP contribution in [-0.2, 0) is 32.0 Å². The maximum absolute atomic E-state index is 13.1. The van der Waals surface area contributed by atoms with Gasteiger partial charge >= 0.3 is 5.97 Å². The molecule has 0 aliphatic rings. The molecule has 0 aliphatic heterocycles. The average molecular weight is 545 g/mol. The zero-order valence-corrected chi connectivity index (χ0v) is 22.7. The number of carbonyl (C=O) groups is 3. The van der Waals surface area contributed by atoms with Crippen molar-refractivity contribution < 1.29 is 29.0 Å². The molecule has 0 unspecified atom stereocenters. The van der Waals surface area contributed by atoms with Crippen LogP contribution in [0, 0.1) is 0 Å². The van der Waals surface area contributed by atoms with E-state index in [1.54, 1.807) is 49.4 Å². The van der Waals surface area contributed by atoms with E-state index in [2.05, 4.69) is 10.6 Å². The number of rotatable bonds is 15. The maximum atomic E-state index is 13.1. The number of nitrogens with one attached hydrogen (secondary N) is 2. The monoisotopic (exact) mass is 544 g/mol. The van der Waals surface area contributed by atoms with Crippen LogP contribution < -0.4 is 15.4 Å². The number of esters is 1. The topological polar surface area (TPSA) is 114 Å². The van der Waals surface area contributed by atoms with Gasteiger partial charge in [-0.25, -0.2) is 0 Å². The fourth-order valence-electron chi connectivity index (χ4n) is 3.88. The third kappa shape index (κ3) is 11.0. The highest BCUT2D eigenvalue weighted by Crippen LogP contribution is 2.15. The van der Waals surface area contributed by atoms with Gasteiger partial charge in [0, 0.05) is 25.5 Å². The Morgan fingerprint density at radius 2 is 1.62 bits per heavy atom. The summed E-state index contributed by atoms with van der Waals surface area (Å²) >= 11 is 0. The largest absolute Gasteiger partial charge is 0.508 e. The van der Waals surface area contributed by atoms with Crippen LogP contribution in [0.4, 0.5) is 0 Å². The van der Waals surface area contributed by atoms with Crippen LogP contribution in [0.1, 0.15) is 36.5 Å². The van der Waals surface area contributed by atoms with Gasteiger partial charge in [0.2, 0.25) is 11.8 Å². The van der Waals surface area contributed by atoms with Crippen LogP contribution >= 0.6 is 0 Å². The molecule has 2 amide bonds. The number of phenols is 1. The summed E-state index contributed by atoms with van der Waals surface area (Å²) in [7, 11) is 0. The van der Waals surface area contributed by atoms with Crippen LogP contribution in [0.3, 0.4) is 0 Å². The van der Waals surface area contributed by atoms with Crippen molar-refractivity contribution in [3.05, 3.63) is 102 Å². The molecule has 0 spiro atoms. The molecular weight excluding hydrogens is 508 g/mol. The highest BCUT2D eigenvalue weighted by Gasteiger charge is 2.20. The van der Waals surface area contributed by atoms with E-state index in [0.717, 1.165) is 16.7 Å². The van der Waals surface area contributed by atoms with Crippen LogP contribution in [-0.4, -0.2) is 48.7 Å². The fraction of sp³-hybridized carbons (Fsp3) is 0.281. The zero-order chi connectivity index (χ0) is 28.6. The number of carbonyl (C=O) groups excluding carboxylic acids is 3. The van der Waals surface area contributed by atoms with Gasteiger partial charge in [-0.3, -0.25) is 14.4 Å². The first kappa shape index (κ1) is 30.0. The number of amides is 2. The molecule has 0 saturated heterocycles. The summed E-state index contributed by atoms with van der Waals surface area (Å²) in [6.45, 7) is 2.90. The Hall–Kier alpha value is -4.59. The maximum Gasteiger partial charge on any atom is 0.305 e. The van der Waals surface area contributed by atoms with Gasteiger partial charge in [0.1, 0.15) is 17.5 Å². The second kappa shape index (κ2) is 16.4. The number of aromatic hydroxyl groups is 1. The highest BCUT2D eigenvalue weighted by atomic mass is 16.5. The van der Waals surface area contributed by atoms with Gasteiger partial charge in [0.05, 0.1) is 13.2 Å². The van der Waals surface area contributed by atoms with Crippen molar-refractivity contribution in [2.24, 2.45) is 0 Å². The second-order valence-electron chi connectivity index (χ2n) is 9.12. The molecule has 40 heavy (non-hydrogen) atoms. The van der Waals surface area contributed by atoms with E-state index in [4.69, 9.17) is 9.47 Å². The summed E-state index contributed by atoms with van der Waals surface area (Å²) < 4.78 is 10.6. The first-order valence-corrected chi connectivity index (χ1v) is 13.4. The molecule has 0 heterocycles. The first-order chi connectivity index (χ1) is 19.4. The number of phenolic OH excluding ortho intramolecular Hbond substituents is 1. The van der Waals surface area contributed by atoms with Gasteiger partial charge in [-0.1, -0.05) is 54.6 Å². The van der Waals surface area contributed by atoms with Crippen molar-refractivity contribution in [3.8, 4) is 11.5 Å². The molecule has 8 nitrogen and oxygen atoms in total. The van der Waals surface area contributed by atoms with Crippen molar-refractivity contribution >= 4 is 23.9 Å². The van der Waals surface area contributed by atoms with Crippen molar-refractivity contribution in [1.29, 1.82) is 0 Å². The Morgan fingerprint density at radius 1 is 0.925 bits per heavy atom. The van der Waals surface area contributed by atoms with Gasteiger partial charge in [0.15, 0.2) is 0 Å². The molecule has 8 heteroatoms. The molecule has 210 valence electrons. The number of benzene rings is 3. The fourth-order valence-corrected chi connectivity index (χ4v) is 3.88. The molecular formula is C32H36N2O6. The number of hydrogen-bond donors (Lipinski definition) is 3. The molecule has 0 saturated carbocycles. The molecule has 0 aliphatic carbocycles. The second-order valence-corrected chi connectivity index (χ2v) is 9.12. The van der Waals surface area contributed by atoms with Gasteiger partial charge in [-0.05, 0) is 66.8 Å². The Kier molecular flexibility index (Phi) is 12.3. The van der Waals surface area contributed by atoms with Crippen LogP contribution in [0.2, 0.25) is 0 Å². The normalized spacial score (nSPS) is 11.5. The molecule has 0 aromatic heterocycles. The molecule has 3 aromatic carbocycles. The Morgan fingerprint density at radius 3 is 2.33 bits per heavy atom. The van der Waals surface area contributed by atoms with E-state index in [1.165, 1.54) is 6.08 Å². The van der Waals surface area contributed by atoms with E-state index in [0.29, 0.717) is 51.2 Å². The molecule has 0 bridgehead atoms. The van der Waals surface area contributed by atoms with Gasteiger partial charge in [-0.2, -0.15) is 0 Å². The van der Waals surface area contributed by atoms with Gasteiger partial charge in [-0.15, -0.1) is 0 Å².